The van der Waals surface area contributed by atoms with E-state index in [9.17, 15) is 9.59 Å². The van der Waals surface area contributed by atoms with Gasteiger partial charge in [-0.15, -0.1) is 0 Å². The van der Waals surface area contributed by atoms with Gasteiger partial charge in [0.15, 0.2) is 0 Å². The van der Waals surface area contributed by atoms with E-state index in [-0.39, 0.29) is 11.5 Å². The van der Waals surface area contributed by atoms with Gasteiger partial charge in [0.2, 0.25) is 0 Å². The van der Waals surface area contributed by atoms with Crippen molar-refractivity contribution in [3.8, 4) is 0 Å². The molecule has 0 amide bonds. The first-order chi connectivity index (χ1) is 11.4. The number of carboxylic acid groups (broad SMARTS) is 1. The fourth-order valence-electron chi connectivity index (χ4n) is 1.38. The van der Waals surface area contributed by atoms with Crippen molar-refractivity contribution in [2.24, 2.45) is 0 Å². The molecule has 4 heteroatoms. The van der Waals surface area contributed by atoms with Crippen LogP contribution >= 0.6 is 0 Å². The lowest BCUT2D eigenvalue weighted by Crippen LogP contribution is -2.06. The summed E-state index contributed by atoms with van der Waals surface area (Å²) in [5.74, 6) is -1.24. The maximum Gasteiger partial charge on any atom is 0.337 e. The fraction of sp³-hybridized carbons (Fsp3) is 0.300. The molecule has 0 aliphatic carbocycles. The topological polar surface area (TPSA) is 63.6 Å². The molecule has 0 radical (unpaired) electrons. The molecule has 1 aromatic rings. The monoisotopic (exact) mass is 330 g/mol. The molecule has 24 heavy (non-hydrogen) atoms. The Labute approximate surface area is 144 Å². The molecule has 0 saturated heterocycles. The summed E-state index contributed by atoms with van der Waals surface area (Å²) in [5, 5.41) is 8.08. The molecule has 0 spiro atoms. The van der Waals surface area contributed by atoms with Crippen LogP contribution < -0.4 is 0 Å². The van der Waals surface area contributed by atoms with Gasteiger partial charge >= 0.3 is 11.9 Å². The molecule has 1 rings (SSSR count). The second-order valence-electron chi connectivity index (χ2n) is 5.02. The molecule has 0 bridgehead atoms. The van der Waals surface area contributed by atoms with Gasteiger partial charge in [0, 0.05) is 5.57 Å². The lowest BCUT2D eigenvalue weighted by atomic mass is 10.2. The van der Waals surface area contributed by atoms with E-state index in [0.717, 1.165) is 18.4 Å². The summed E-state index contributed by atoms with van der Waals surface area (Å²) < 4.78 is 5.04. The van der Waals surface area contributed by atoms with Gasteiger partial charge in [0.05, 0.1) is 12.2 Å². The summed E-state index contributed by atoms with van der Waals surface area (Å²) in [4.78, 5) is 21.3. The Bertz CT molecular complexity index is 571. The third kappa shape index (κ3) is 10.2. The van der Waals surface area contributed by atoms with E-state index in [4.69, 9.17) is 9.84 Å². The van der Waals surface area contributed by atoms with Crippen molar-refractivity contribution in [2.45, 2.75) is 33.1 Å². The number of benzene rings is 1. The molecule has 0 fully saturated rings. The molecule has 0 heterocycles. The molecule has 1 aromatic carbocycles. The molecule has 0 atom stereocenters. The molecule has 0 saturated carbocycles. The number of hydrogen-bond acceptors (Lipinski definition) is 3. The number of carbonyl (C=O) groups excluding carboxylic acids is 1. The molecule has 0 aliphatic rings. The third-order valence-electron chi connectivity index (χ3n) is 3.00. The van der Waals surface area contributed by atoms with E-state index >= 15 is 0 Å². The van der Waals surface area contributed by atoms with Crippen LogP contribution in [0.5, 0.6) is 0 Å². The first kappa shape index (κ1) is 21.4. The Kier molecular flexibility index (Phi) is 11.5. The number of unbranched alkanes of at least 4 members (excludes halogenated alkanes) is 1. The summed E-state index contributed by atoms with van der Waals surface area (Å²) in [7, 11) is 0. The number of aliphatic carboxylic acids is 1. The highest BCUT2D eigenvalue weighted by Crippen LogP contribution is 2.05. The number of rotatable bonds is 8. The van der Waals surface area contributed by atoms with Crippen LogP contribution in [0.1, 0.15) is 38.7 Å². The zero-order chi connectivity index (χ0) is 18.4. The van der Waals surface area contributed by atoms with Gasteiger partial charge in [-0.1, -0.05) is 69.8 Å². The molecular weight excluding hydrogens is 304 g/mol. The minimum Gasteiger partial charge on any atom is -0.478 e. The van der Waals surface area contributed by atoms with E-state index in [1.165, 1.54) is 0 Å². The highest BCUT2D eigenvalue weighted by molar-refractivity contribution is 5.92. The standard InChI is InChI=1S/C15H18O2.C5H8O2/c1-3-4-12-17-15(16)13(2)10-11-14-8-6-5-7-9-14;1-3-4(2)5(6)7/h5-11H,2-4,12H2,1H3;2-3H2,1H3,(H,6,7). The third-order valence-corrected chi connectivity index (χ3v) is 3.00. The predicted octanol–water partition coefficient (Wildman–Crippen LogP) is 4.64. The molecule has 0 aromatic heterocycles. The molecule has 0 aliphatic heterocycles. The zero-order valence-corrected chi connectivity index (χ0v) is 14.5. The van der Waals surface area contributed by atoms with Crippen LogP contribution in [0.4, 0.5) is 0 Å². The summed E-state index contributed by atoms with van der Waals surface area (Å²) >= 11 is 0. The van der Waals surface area contributed by atoms with Crippen LogP contribution in [-0.2, 0) is 14.3 Å². The van der Waals surface area contributed by atoms with Crippen LogP contribution in [0.15, 0.2) is 60.7 Å². The van der Waals surface area contributed by atoms with Gasteiger partial charge in [0.1, 0.15) is 0 Å². The Morgan fingerprint density at radius 1 is 1.17 bits per heavy atom. The number of ether oxygens (including phenoxy) is 1. The average molecular weight is 330 g/mol. The normalized spacial score (nSPS) is 9.75. The van der Waals surface area contributed by atoms with Crippen molar-refractivity contribution < 1.29 is 19.4 Å². The largest absolute Gasteiger partial charge is 0.478 e. The molecule has 4 nitrogen and oxygen atoms in total. The first-order valence-electron chi connectivity index (χ1n) is 7.92. The first-order valence-corrected chi connectivity index (χ1v) is 7.92. The summed E-state index contributed by atoms with van der Waals surface area (Å²) in [6.07, 6.45) is 5.96. The van der Waals surface area contributed by atoms with E-state index in [1.807, 2.05) is 36.4 Å². The summed E-state index contributed by atoms with van der Waals surface area (Å²) in [6.45, 7) is 11.2. The number of esters is 1. The Morgan fingerprint density at radius 3 is 2.25 bits per heavy atom. The minimum atomic E-state index is -0.900. The van der Waals surface area contributed by atoms with E-state index < -0.39 is 5.97 Å². The van der Waals surface area contributed by atoms with Gasteiger partial charge in [-0.25, -0.2) is 9.59 Å². The van der Waals surface area contributed by atoms with Crippen LogP contribution in [0.3, 0.4) is 0 Å². The quantitative estimate of drug-likeness (QED) is 0.326. The summed E-state index contributed by atoms with van der Waals surface area (Å²) in [5.41, 5.74) is 1.68. The second-order valence-corrected chi connectivity index (χ2v) is 5.02. The van der Waals surface area contributed by atoms with E-state index in [0.29, 0.717) is 18.6 Å². The van der Waals surface area contributed by atoms with Crippen LogP contribution in [0.2, 0.25) is 0 Å². The Balaban J connectivity index is 0.000000640. The fourth-order valence-corrected chi connectivity index (χ4v) is 1.38. The van der Waals surface area contributed by atoms with Crippen LogP contribution in [0.25, 0.3) is 6.08 Å². The predicted molar refractivity (Wildman–Crippen MR) is 97.5 cm³/mol. The van der Waals surface area contributed by atoms with E-state index in [1.54, 1.807) is 13.0 Å². The molecule has 1 N–H and O–H groups in total. The number of hydrogen-bond donors (Lipinski definition) is 1. The number of carboxylic acids is 1. The van der Waals surface area contributed by atoms with Crippen molar-refractivity contribution in [1.29, 1.82) is 0 Å². The van der Waals surface area contributed by atoms with Gasteiger partial charge in [-0.3, -0.25) is 0 Å². The van der Waals surface area contributed by atoms with Crippen molar-refractivity contribution >= 4 is 18.0 Å². The lowest BCUT2D eigenvalue weighted by molar-refractivity contribution is -0.138. The van der Waals surface area contributed by atoms with Gasteiger partial charge in [-0.05, 0) is 24.5 Å². The highest BCUT2D eigenvalue weighted by Gasteiger charge is 2.04. The smallest absolute Gasteiger partial charge is 0.337 e. The van der Waals surface area contributed by atoms with Crippen LogP contribution in [0, 0.1) is 0 Å². The Hall–Kier alpha value is -2.62. The zero-order valence-electron chi connectivity index (χ0n) is 14.5. The minimum absolute atomic E-state index is 0.264. The molecule has 0 unspecified atom stereocenters. The molecular formula is C20H26O4. The van der Waals surface area contributed by atoms with E-state index in [2.05, 4.69) is 20.1 Å². The van der Waals surface area contributed by atoms with Crippen molar-refractivity contribution in [2.75, 3.05) is 6.61 Å². The molecule has 130 valence electrons. The maximum atomic E-state index is 11.5. The second kappa shape index (κ2) is 12.9. The van der Waals surface area contributed by atoms with Gasteiger partial charge < -0.3 is 9.84 Å². The van der Waals surface area contributed by atoms with Crippen molar-refractivity contribution in [1.82, 2.24) is 0 Å². The lowest BCUT2D eigenvalue weighted by Gasteiger charge is -2.02. The maximum absolute atomic E-state index is 11.5. The Morgan fingerprint density at radius 2 is 1.79 bits per heavy atom. The van der Waals surface area contributed by atoms with Crippen LogP contribution in [-0.4, -0.2) is 23.7 Å². The van der Waals surface area contributed by atoms with Crippen molar-refractivity contribution in [3.05, 3.63) is 66.3 Å². The summed E-state index contributed by atoms with van der Waals surface area (Å²) in [6, 6.07) is 9.77. The van der Waals surface area contributed by atoms with Gasteiger partial charge in [0.25, 0.3) is 0 Å². The average Bonchev–Trinajstić information content (AvgIpc) is 2.60. The number of carbonyl (C=O) groups is 2. The SMILES string of the molecule is C=C(C=Cc1ccccc1)C(=O)OCCCC.C=C(CC)C(=O)O. The van der Waals surface area contributed by atoms with Crippen molar-refractivity contribution in [3.63, 3.8) is 0 Å². The highest BCUT2D eigenvalue weighted by atomic mass is 16.5. The van der Waals surface area contributed by atoms with Gasteiger partial charge in [-0.2, -0.15) is 0 Å².